The van der Waals surface area contributed by atoms with Gasteiger partial charge in [-0.2, -0.15) is 15.0 Å². The maximum absolute atomic E-state index is 13.4. The zero-order chi connectivity index (χ0) is 27.1. The topological polar surface area (TPSA) is 98.7 Å². The van der Waals surface area contributed by atoms with Crippen molar-refractivity contribution in [2.75, 3.05) is 14.2 Å². The first kappa shape index (κ1) is 26.9. The quantitative estimate of drug-likeness (QED) is 0.220. The molecule has 4 aromatic rings. The number of rotatable bonds is 10. The molecule has 0 N–H and O–H groups in total. The van der Waals surface area contributed by atoms with Crippen molar-refractivity contribution in [2.45, 2.75) is 32.8 Å². The summed E-state index contributed by atoms with van der Waals surface area (Å²) in [5.41, 5.74) is 2.33. The van der Waals surface area contributed by atoms with Crippen LogP contribution in [-0.2, 0) is 13.0 Å². The number of halogens is 1. The van der Waals surface area contributed by atoms with Crippen LogP contribution in [0.2, 0.25) is 0 Å². The fourth-order valence-electron chi connectivity index (χ4n) is 3.96. The standard InChI is InChI=1S/C29H27BrN4O4/c1-4-5-10-27-33-24-12-11-22(30)15-23(24)29(35)34(27)32-17-19-13-25(36-2)28(26(14-19)37-3)38-18-21-9-7-6-8-20(21)16-31/h6-9,11-15,17H,4-5,10,18H2,1-3H3. The van der Waals surface area contributed by atoms with Crippen LogP contribution in [0.4, 0.5) is 0 Å². The number of aryl methyl sites for hydroxylation is 1. The summed E-state index contributed by atoms with van der Waals surface area (Å²) >= 11 is 3.43. The predicted molar refractivity (Wildman–Crippen MR) is 150 cm³/mol. The second-order valence-corrected chi connectivity index (χ2v) is 9.38. The highest BCUT2D eigenvalue weighted by Crippen LogP contribution is 2.39. The summed E-state index contributed by atoms with van der Waals surface area (Å²) in [7, 11) is 3.06. The molecule has 0 amide bonds. The average Bonchev–Trinajstić information content (AvgIpc) is 2.94. The van der Waals surface area contributed by atoms with Crippen LogP contribution in [-0.4, -0.2) is 30.1 Å². The number of nitrogens with zero attached hydrogens (tertiary/aromatic N) is 4. The summed E-state index contributed by atoms with van der Waals surface area (Å²) in [6.45, 7) is 2.25. The monoisotopic (exact) mass is 574 g/mol. The molecule has 0 atom stereocenters. The number of nitriles is 1. The SMILES string of the molecule is CCCCc1nc2ccc(Br)cc2c(=O)n1N=Cc1cc(OC)c(OCc2ccccc2C#N)c(OC)c1. The highest BCUT2D eigenvalue weighted by Gasteiger charge is 2.16. The molecule has 0 unspecified atom stereocenters. The van der Waals surface area contributed by atoms with Crippen molar-refractivity contribution >= 4 is 33.0 Å². The molecule has 1 aromatic heterocycles. The number of hydrogen-bond donors (Lipinski definition) is 0. The second kappa shape index (κ2) is 12.4. The second-order valence-electron chi connectivity index (χ2n) is 8.47. The predicted octanol–water partition coefficient (Wildman–Crippen LogP) is 5.85. The van der Waals surface area contributed by atoms with Gasteiger partial charge in [0.1, 0.15) is 12.4 Å². The van der Waals surface area contributed by atoms with E-state index in [0.29, 0.717) is 51.5 Å². The molecule has 38 heavy (non-hydrogen) atoms. The fraction of sp³-hybridized carbons (Fsp3) is 0.241. The van der Waals surface area contributed by atoms with E-state index >= 15 is 0 Å². The Hall–Kier alpha value is -4.16. The molecular formula is C29H27BrN4O4. The zero-order valence-corrected chi connectivity index (χ0v) is 23.0. The molecule has 0 aliphatic heterocycles. The largest absolute Gasteiger partial charge is 0.493 e. The fourth-order valence-corrected chi connectivity index (χ4v) is 4.32. The zero-order valence-electron chi connectivity index (χ0n) is 21.4. The molecule has 0 aliphatic carbocycles. The van der Waals surface area contributed by atoms with Crippen molar-refractivity contribution in [1.29, 1.82) is 5.26 Å². The van der Waals surface area contributed by atoms with E-state index < -0.39 is 0 Å². The summed E-state index contributed by atoms with van der Waals surface area (Å²) in [5, 5.41) is 14.4. The van der Waals surface area contributed by atoms with Crippen LogP contribution in [0.25, 0.3) is 10.9 Å². The molecule has 0 saturated heterocycles. The molecule has 3 aromatic carbocycles. The molecule has 0 bridgehead atoms. The Morgan fingerprint density at radius 1 is 1.11 bits per heavy atom. The Kier molecular flexibility index (Phi) is 8.77. The smallest absolute Gasteiger partial charge is 0.282 e. The van der Waals surface area contributed by atoms with E-state index in [1.165, 1.54) is 18.9 Å². The Morgan fingerprint density at radius 2 is 1.84 bits per heavy atom. The molecule has 0 spiro atoms. The van der Waals surface area contributed by atoms with Crippen LogP contribution < -0.4 is 19.8 Å². The van der Waals surface area contributed by atoms with Crippen molar-refractivity contribution < 1.29 is 14.2 Å². The van der Waals surface area contributed by atoms with Crippen LogP contribution in [0.15, 0.2) is 69.0 Å². The van der Waals surface area contributed by atoms with Gasteiger partial charge in [-0.15, -0.1) is 0 Å². The number of benzene rings is 3. The number of unbranched alkanes of at least 4 members (excludes halogenated alkanes) is 1. The molecule has 0 radical (unpaired) electrons. The molecular weight excluding hydrogens is 548 g/mol. The average molecular weight is 575 g/mol. The number of fused-ring (bicyclic) bond motifs is 1. The van der Waals surface area contributed by atoms with Crippen molar-refractivity contribution in [1.82, 2.24) is 9.66 Å². The lowest BCUT2D eigenvalue weighted by atomic mass is 10.1. The molecule has 0 fully saturated rings. The molecule has 0 aliphatic rings. The van der Waals surface area contributed by atoms with Gasteiger partial charge >= 0.3 is 0 Å². The van der Waals surface area contributed by atoms with E-state index in [1.807, 2.05) is 24.3 Å². The summed E-state index contributed by atoms with van der Waals surface area (Å²) in [5.74, 6) is 1.86. The van der Waals surface area contributed by atoms with E-state index in [1.54, 1.807) is 36.5 Å². The lowest BCUT2D eigenvalue weighted by molar-refractivity contribution is 0.265. The number of methoxy groups -OCH3 is 2. The van der Waals surface area contributed by atoms with Crippen LogP contribution in [0.3, 0.4) is 0 Å². The Labute approximate surface area is 229 Å². The van der Waals surface area contributed by atoms with Gasteiger partial charge < -0.3 is 14.2 Å². The summed E-state index contributed by atoms with van der Waals surface area (Å²) in [6.07, 6.45) is 4.04. The van der Waals surface area contributed by atoms with Crippen LogP contribution in [0.5, 0.6) is 17.2 Å². The van der Waals surface area contributed by atoms with Crippen molar-refractivity contribution in [3.63, 3.8) is 0 Å². The number of hydrogen-bond acceptors (Lipinski definition) is 7. The number of ether oxygens (including phenoxy) is 3. The third-order valence-corrected chi connectivity index (χ3v) is 6.44. The molecule has 1 heterocycles. The minimum Gasteiger partial charge on any atom is -0.493 e. The molecule has 4 rings (SSSR count). The summed E-state index contributed by atoms with van der Waals surface area (Å²) in [6, 6.07) is 18.4. The third kappa shape index (κ3) is 5.87. The van der Waals surface area contributed by atoms with Gasteiger partial charge in [0.15, 0.2) is 11.5 Å². The van der Waals surface area contributed by atoms with Gasteiger partial charge in [0.25, 0.3) is 5.56 Å². The van der Waals surface area contributed by atoms with Gasteiger partial charge in [-0.1, -0.05) is 47.5 Å². The third-order valence-electron chi connectivity index (χ3n) is 5.94. The van der Waals surface area contributed by atoms with Gasteiger partial charge in [-0.05, 0) is 42.8 Å². The van der Waals surface area contributed by atoms with Gasteiger partial charge in [-0.3, -0.25) is 4.79 Å². The van der Waals surface area contributed by atoms with Gasteiger partial charge in [0.05, 0.1) is 43.0 Å². The highest BCUT2D eigenvalue weighted by atomic mass is 79.9. The first-order valence-corrected chi connectivity index (χ1v) is 12.9. The lowest BCUT2D eigenvalue weighted by Gasteiger charge is -2.16. The van der Waals surface area contributed by atoms with Crippen molar-refractivity contribution in [3.8, 4) is 23.3 Å². The molecule has 194 valence electrons. The first-order chi connectivity index (χ1) is 18.5. The van der Waals surface area contributed by atoms with Crippen molar-refractivity contribution in [2.24, 2.45) is 5.10 Å². The van der Waals surface area contributed by atoms with Crippen LogP contribution in [0, 0.1) is 11.3 Å². The maximum Gasteiger partial charge on any atom is 0.282 e. The Balaban J connectivity index is 1.71. The molecule has 0 saturated carbocycles. The molecule has 9 heteroatoms. The van der Waals surface area contributed by atoms with Crippen LogP contribution >= 0.6 is 15.9 Å². The highest BCUT2D eigenvalue weighted by molar-refractivity contribution is 9.10. The minimum absolute atomic E-state index is 0.165. The van der Waals surface area contributed by atoms with Crippen molar-refractivity contribution in [3.05, 3.63) is 91.9 Å². The summed E-state index contributed by atoms with van der Waals surface area (Å²) < 4.78 is 19.3. The van der Waals surface area contributed by atoms with E-state index in [-0.39, 0.29) is 12.2 Å². The van der Waals surface area contributed by atoms with Crippen LogP contribution in [0.1, 0.15) is 42.3 Å². The normalized spacial score (nSPS) is 11.0. The molecule has 8 nitrogen and oxygen atoms in total. The van der Waals surface area contributed by atoms with E-state index in [0.717, 1.165) is 22.9 Å². The van der Waals surface area contributed by atoms with E-state index in [4.69, 9.17) is 19.2 Å². The Morgan fingerprint density at radius 3 is 2.53 bits per heavy atom. The Bertz CT molecular complexity index is 1570. The van der Waals surface area contributed by atoms with Gasteiger partial charge in [0, 0.05) is 22.0 Å². The number of aromatic nitrogens is 2. The van der Waals surface area contributed by atoms with Gasteiger partial charge in [-0.25, -0.2) is 4.98 Å². The lowest BCUT2D eigenvalue weighted by Crippen LogP contribution is -2.22. The first-order valence-electron chi connectivity index (χ1n) is 12.1. The minimum atomic E-state index is -0.242. The summed E-state index contributed by atoms with van der Waals surface area (Å²) in [4.78, 5) is 18.1. The van der Waals surface area contributed by atoms with Gasteiger partial charge in [0.2, 0.25) is 5.75 Å². The maximum atomic E-state index is 13.4. The van der Waals surface area contributed by atoms with E-state index in [2.05, 4.69) is 34.0 Å². The van der Waals surface area contributed by atoms with E-state index in [9.17, 15) is 10.1 Å².